The smallest absolute Gasteiger partial charge is 0.254 e. The van der Waals surface area contributed by atoms with E-state index in [2.05, 4.69) is 10.0 Å². The number of hydrogen-bond acceptors (Lipinski definition) is 5. The maximum atomic E-state index is 14.7. The predicted molar refractivity (Wildman–Crippen MR) is 127 cm³/mol. The number of carbonyl (C=O) groups excluding carboxylic acids is 1. The molecule has 4 N–H and O–H groups in total. The molecule has 0 heterocycles. The van der Waals surface area contributed by atoms with Crippen molar-refractivity contribution in [3.63, 3.8) is 0 Å². The number of halogens is 4. The minimum Gasteiger partial charge on any atom is -0.453 e. The average molecular weight is 591 g/mol. The second-order valence-electron chi connectivity index (χ2n) is 6.67. The van der Waals surface area contributed by atoms with E-state index in [1.807, 2.05) is 22.6 Å². The van der Waals surface area contributed by atoms with Crippen molar-refractivity contribution in [1.82, 2.24) is 0 Å². The zero-order valence-corrected chi connectivity index (χ0v) is 19.9. The van der Waals surface area contributed by atoms with Gasteiger partial charge in [-0.25, -0.2) is 17.2 Å². The molecule has 7 nitrogen and oxygen atoms in total. The molecule has 3 aromatic rings. The predicted octanol–water partition coefficient (Wildman–Crippen LogP) is 5.10. The van der Waals surface area contributed by atoms with E-state index in [-0.39, 0.29) is 28.6 Å². The van der Waals surface area contributed by atoms with Gasteiger partial charge in [0.05, 0.1) is 22.8 Å². The summed E-state index contributed by atoms with van der Waals surface area (Å²) in [5.74, 6) is -5.88. The van der Waals surface area contributed by atoms with E-state index in [0.717, 1.165) is 0 Å². The van der Waals surface area contributed by atoms with Gasteiger partial charge in [-0.05, 0) is 59.8 Å². The summed E-state index contributed by atoms with van der Waals surface area (Å²) < 4.78 is 75.2. The first-order chi connectivity index (χ1) is 15.5. The van der Waals surface area contributed by atoms with Crippen LogP contribution < -0.4 is 20.5 Å². The van der Waals surface area contributed by atoms with Crippen molar-refractivity contribution in [2.75, 3.05) is 15.8 Å². The lowest BCUT2D eigenvalue weighted by Gasteiger charge is -2.17. The fourth-order valence-corrected chi connectivity index (χ4v) is 3.85. The van der Waals surface area contributed by atoms with Crippen LogP contribution in [0, 0.1) is 21.0 Å². The Morgan fingerprint density at radius 1 is 1.06 bits per heavy atom. The fourth-order valence-electron chi connectivity index (χ4n) is 2.77. The van der Waals surface area contributed by atoms with Crippen molar-refractivity contribution < 1.29 is 31.1 Å². The highest BCUT2D eigenvalue weighted by Gasteiger charge is 2.25. The van der Waals surface area contributed by atoms with E-state index in [1.165, 1.54) is 43.3 Å². The summed E-state index contributed by atoms with van der Waals surface area (Å²) in [5, 5.41) is 2.54. The molecule has 0 aliphatic rings. The van der Waals surface area contributed by atoms with Gasteiger partial charge < -0.3 is 15.8 Å². The molecule has 0 saturated heterocycles. The molecule has 3 aromatic carbocycles. The number of anilines is 3. The first-order valence-electron chi connectivity index (χ1n) is 9.33. The molecule has 0 atom stereocenters. The van der Waals surface area contributed by atoms with E-state index >= 15 is 0 Å². The van der Waals surface area contributed by atoms with Gasteiger partial charge in [-0.3, -0.25) is 9.52 Å². The number of amides is 1. The molecule has 174 valence electrons. The van der Waals surface area contributed by atoms with Crippen molar-refractivity contribution in [2.24, 2.45) is 5.73 Å². The number of nitrogens with two attached hydrogens (primary N) is 1. The molecule has 12 heteroatoms. The summed E-state index contributed by atoms with van der Waals surface area (Å²) in [6.45, 7) is 1.44. The Bertz CT molecular complexity index is 1340. The molecule has 0 unspecified atom stereocenters. The van der Waals surface area contributed by atoms with Crippen LogP contribution in [0.25, 0.3) is 0 Å². The number of rotatable bonds is 8. The first kappa shape index (κ1) is 24.6. The summed E-state index contributed by atoms with van der Waals surface area (Å²) >= 11 is 1.90. The Morgan fingerprint density at radius 3 is 2.42 bits per heavy atom. The highest BCUT2D eigenvalue weighted by atomic mass is 127. The Kier molecular flexibility index (Phi) is 7.37. The second-order valence-corrected chi connectivity index (χ2v) is 9.93. The highest BCUT2D eigenvalue weighted by molar-refractivity contribution is 14.1. The number of ether oxygens (including phenoxy) is 1. The number of sulfonamides is 1. The third-order valence-corrected chi connectivity index (χ3v) is 6.31. The number of nitrogens with one attached hydrogen (secondary N) is 2. The largest absolute Gasteiger partial charge is 0.453 e. The Morgan fingerprint density at radius 2 is 1.79 bits per heavy atom. The van der Waals surface area contributed by atoms with E-state index in [0.29, 0.717) is 9.64 Å². The molecular weight excluding hydrogens is 574 g/mol. The molecule has 0 bridgehead atoms. The summed E-state index contributed by atoms with van der Waals surface area (Å²) in [6.07, 6.45) is 0. The molecule has 0 aliphatic heterocycles. The van der Waals surface area contributed by atoms with Crippen molar-refractivity contribution in [3.8, 4) is 11.5 Å². The molecule has 0 aliphatic carbocycles. The van der Waals surface area contributed by atoms with E-state index in [4.69, 9.17) is 10.5 Å². The Labute approximate surface area is 201 Å². The van der Waals surface area contributed by atoms with Gasteiger partial charge in [0.1, 0.15) is 17.1 Å². The van der Waals surface area contributed by atoms with E-state index < -0.39 is 44.7 Å². The quantitative estimate of drug-likeness (QED) is 0.316. The molecule has 0 fully saturated rings. The summed E-state index contributed by atoms with van der Waals surface area (Å²) in [6, 6.07) is 10.2. The van der Waals surface area contributed by atoms with Crippen molar-refractivity contribution in [2.45, 2.75) is 6.92 Å². The minimum atomic E-state index is -3.61. The molecule has 0 saturated carbocycles. The summed E-state index contributed by atoms with van der Waals surface area (Å²) in [7, 11) is -3.61. The maximum Gasteiger partial charge on any atom is 0.254 e. The van der Waals surface area contributed by atoms with Gasteiger partial charge in [-0.15, -0.1) is 0 Å². The molecule has 33 heavy (non-hydrogen) atoms. The van der Waals surface area contributed by atoms with Crippen LogP contribution in [0.3, 0.4) is 0 Å². The molecule has 0 radical (unpaired) electrons. The van der Waals surface area contributed by atoms with Gasteiger partial charge in [-0.2, -0.15) is 4.39 Å². The third kappa shape index (κ3) is 5.87. The zero-order valence-electron chi connectivity index (χ0n) is 17.0. The number of benzene rings is 3. The lowest BCUT2D eigenvalue weighted by molar-refractivity contribution is 0.0998. The monoisotopic (exact) mass is 591 g/mol. The first-order valence-corrected chi connectivity index (χ1v) is 12.1. The topological polar surface area (TPSA) is 111 Å². The standard InChI is InChI=1S/C21H17F3IN3O4S/c1-2-33(30,31)28-12-4-3-5-13(9-12)32-20-18(21(26)29)17(10-15(23)19(20)24)27-16-7-6-11(25)8-14(16)22/h3-10,27-28H,2H2,1H3,(H2,26,29). The number of primary amides is 1. The lowest BCUT2D eigenvalue weighted by Crippen LogP contribution is -2.17. The summed E-state index contributed by atoms with van der Waals surface area (Å²) in [4.78, 5) is 12.1. The van der Waals surface area contributed by atoms with Gasteiger partial charge >= 0.3 is 0 Å². The second kappa shape index (κ2) is 9.87. The van der Waals surface area contributed by atoms with Gasteiger partial charge in [0.15, 0.2) is 11.6 Å². The van der Waals surface area contributed by atoms with Crippen LogP contribution >= 0.6 is 22.6 Å². The van der Waals surface area contributed by atoms with Gasteiger partial charge in [0, 0.05) is 15.7 Å². The van der Waals surface area contributed by atoms with Crippen LogP contribution in [-0.4, -0.2) is 20.1 Å². The van der Waals surface area contributed by atoms with Gasteiger partial charge in [0.2, 0.25) is 15.8 Å². The SMILES string of the molecule is CCS(=O)(=O)Nc1cccc(Oc2c(F)c(F)cc(Nc3ccc(I)cc3F)c2C(N)=O)c1. The lowest BCUT2D eigenvalue weighted by atomic mass is 10.1. The number of carbonyl (C=O) groups is 1. The minimum absolute atomic E-state index is 0.103. The molecule has 3 rings (SSSR count). The third-order valence-electron chi connectivity index (χ3n) is 4.33. The van der Waals surface area contributed by atoms with Crippen LogP contribution in [0.5, 0.6) is 11.5 Å². The van der Waals surface area contributed by atoms with Crippen molar-refractivity contribution in [1.29, 1.82) is 0 Å². The van der Waals surface area contributed by atoms with Crippen LogP contribution in [0.2, 0.25) is 0 Å². The van der Waals surface area contributed by atoms with Crippen LogP contribution in [0.15, 0.2) is 48.5 Å². The molecule has 0 aromatic heterocycles. The van der Waals surface area contributed by atoms with Crippen LogP contribution in [0.4, 0.5) is 30.2 Å². The Balaban J connectivity index is 2.06. The molecule has 0 spiro atoms. The van der Waals surface area contributed by atoms with Crippen LogP contribution in [0.1, 0.15) is 17.3 Å². The van der Waals surface area contributed by atoms with Gasteiger partial charge in [-0.1, -0.05) is 6.07 Å². The highest BCUT2D eigenvalue weighted by Crippen LogP contribution is 2.37. The van der Waals surface area contributed by atoms with Crippen LogP contribution in [-0.2, 0) is 10.0 Å². The maximum absolute atomic E-state index is 14.7. The molecule has 1 amide bonds. The average Bonchev–Trinajstić information content (AvgIpc) is 2.73. The summed E-state index contributed by atoms with van der Waals surface area (Å²) in [5.41, 5.74) is 4.51. The Hall–Kier alpha value is -3.00. The molecular formula is C21H17F3IN3O4S. The van der Waals surface area contributed by atoms with Crippen molar-refractivity contribution >= 4 is 55.6 Å². The van der Waals surface area contributed by atoms with Gasteiger partial charge in [0.25, 0.3) is 5.91 Å². The van der Waals surface area contributed by atoms with Crippen molar-refractivity contribution in [3.05, 3.63) is 75.1 Å². The van der Waals surface area contributed by atoms with E-state index in [9.17, 15) is 26.4 Å². The zero-order chi connectivity index (χ0) is 24.3. The number of hydrogen-bond donors (Lipinski definition) is 3. The normalized spacial score (nSPS) is 11.2. The van der Waals surface area contributed by atoms with E-state index in [1.54, 1.807) is 6.07 Å². The fraction of sp³-hybridized carbons (Fsp3) is 0.0952.